The van der Waals surface area contributed by atoms with E-state index in [0.717, 1.165) is 0 Å². The Morgan fingerprint density at radius 2 is 1.90 bits per heavy atom. The fourth-order valence-corrected chi connectivity index (χ4v) is 3.94. The fraction of sp³-hybridized carbons (Fsp3) is 0.538. The van der Waals surface area contributed by atoms with Gasteiger partial charge in [-0.2, -0.15) is 14.7 Å². The Balaban J connectivity index is 0.000000517. The van der Waals surface area contributed by atoms with Crippen LogP contribution in [0.1, 0.15) is 65.1 Å². The molecule has 1 aliphatic rings. The maximum atomic E-state index is 15.0. The van der Waals surface area contributed by atoms with Gasteiger partial charge in [-0.1, -0.05) is 18.6 Å². The largest absolute Gasteiger partial charge is 0.481 e. The first-order chi connectivity index (χ1) is 18.4. The highest BCUT2D eigenvalue weighted by Gasteiger charge is 2.37. The molecule has 13 heteroatoms. The summed E-state index contributed by atoms with van der Waals surface area (Å²) in [5, 5.41) is 19.2. The number of rotatable bonds is 9. The number of carbonyl (C=O) groups excluding carboxylic acids is 1. The summed E-state index contributed by atoms with van der Waals surface area (Å²) in [6.07, 6.45) is 0.412. The SMILES string of the molecule is CC(C)(C)OC=O.NF.O=C(O)CCCCCC(F)(F)c1nc(N2CCC(O)C2)c2oc3ccccc3c2n1. The Hall–Kier alpha value is -3.45. The van der Waals surface area contributed by atoms with Crippen molar-refractivity contribution in [3.63, 3.8) is 0 Å². The number of aliphatic hydroxyl groups is 1. The van der Waals surface area contributed by atoms with E-state index >= 15 is 0 Å². The molecule has 10 nitrogen and oxygen atoms in total. The van der Waals surface area contributed by atoms with E-state index in [0.29, 0.717) is 60.9 Å². The molecule has 216 valence electrons. The summed E-state index contributed by atoms with van der Waals surface area (Å²) in [7, 11) is 0. The number of carbonyl (C=O) groups is 2. The number of carboxylic acids is 1. The van der Waals surface area contributed by atoms with Crippen LogP contribution in [-0.2, 0) is 20.2 Å². The quantitative estimate of drug-likeness (QED) is 0.189. The van der Waals surface area contributed by atoms with Gasteiger partial charge in [-0.05, 0) is 52.2 Å². The van der Waals surface area contributed by atoms with Crippen LogP contribution in [-0.4, -0.2) is 57.4 Å². The third-order valence-electron chi connectivity index (χ3n) is 5.77. The molecule has 0 spiro atoms. The number of hydrogen-bond donors (Lipinski definition) is 3. The lowest BCUT2D eigenvalue weighted by atomic mass is 10.1. The van der Waals surface area contributed by atoms with Crippen molar-refractivity contribution in [3.8, 4) is 0 Å². The van der Waals surface area contributed by atoms with Gasteiger partial charge in [0.25, 0.3) is 6.47 Å². The minimum atomic E-state index is -3.26. The minimum Gasteiger partial charge on any atom is -0.481 e. The Labute approximate surface area is 223 Å². The number of halogens is 3. The molecule has 3 heterocycles. The number of fused-ring (bicyclic) bond motifs is 3. The lowest BCUT2D eigenvalue weighted by Crippen LogP contribution is -2.25. The molecule has 0 bridgehead atoms. The zero-order chi connectivity index (χ0) is 29.2. The number of nitrogens with zero attached hydrogens (tertiary/aromatic N) is 3. The van der Waals surface area contributed by atoms with Crippen molar-refractivity contribution < 1.29 is 42.2 Å². The minimum absolute atomic E-state index is 0.0313. The van der Waals surface area contributed by atoms with Gasteiger partial charge in [0.1, 0.15) is 16.7 Å². The van der Waals surface area contributed by atoms with Crippen molar-refractivity contribution in [3.05, 3.63) is 30.1 Å². The van der Waals surface area contributed by atoms with Crippen LogP contribution in [0.3, 0.4) is 0 Å². The predicted octanol–water partition coefficient (Wildman–Crippen LogP) is 4.86. The molecule has 1 aromatic carbocycles. The second kappa shape index (κ2) is 14.1. The van der Waals surface area contributed by atoms with Gasteiger partial charge in [-0.15, -0.1) is 4.48 Å². The molecule has 0 amide bonds. The van der Waals surface area contributed by atoms with Crippen molar-refractivity contribution in [2.24, 2.45) is 5.96 Å². The first-order valence-electron chi connectivity index (χ1n) is 12.5. The summed E-state index contributed by atoms with van der Waals surface area (Å²) in [6, 6.07) is 7.10. The topological polar surface area (TPSA) is 152 Å². The van der Waals surface area contributed by atoms with Gasteiger partial charge < -0.3 is 24.3 Å². The number of alkyl halides is 2. The van der Waals surface area contributed by atoms with E-state index in [9.17, 15) is 23.5 Å². The smallest absolute Gasteiger partial charge is 0.306 e. The normalized spacial score (nSPS) is 15.4. The van der Waals surface area contributed by atoms with Crippen LogP contribution < -0.4 is 10.9 Å². The second-order valence-corrected chi connectivity index (χ2v) is 10.0. The molecule has 2 aromatic heterocycles. The summed E-state index contributed by atoms with van der Waals surface area (Å²) in [5.74, 6) is -1.49. The summed E-state index contributed by atoms with van der Waals surface area (Å²) in [5.41, 5.74) is 0.891. The number of furan rings is 1. The maximum Gasteiger partial charge on any atom is 0.306 e. The molecule has 4 N–H and O–H groups in total. The highest BCUT2D eigenvalue weighted by atomic mass is 19.3. The number of hydrogen-bond acceptors (Lipinski definition) is 9. The van der Waals surface area contributed by atoms with E-state index in [1.54, 1.807) is 29.2 Å². The summed E-state index contributed by atoms with van der Waals surface area (Å²) < 4.78 is 49.4. The second-order valence-electron chi connectivity index (χ2n) is 10.0. The number of benzene rings is 1. The molecule has 1 saturated heterocycles. The van der Waals surface area contributed by atoms with E-state index in [1.807, 2.05) is 20.8 Å². The Bertz CT molecular complexity index is 1230. The van der Waals surface area contributed by atoms with Crippen molar-refractivity contribution in [1.29, 1.82) is 0 Å². The molecular formula is C26H35F3N4O6. The van der Waals surface area contributed by atoms with Gasteiger partial charge in [0.05, 0.1) is 6.10 Å². The van der Waals surface area contributed by atoms with E-state index in [4.69, 9.17) is 14.0 Å². The number of aliphatic hydroxyl groups excluding tert-OH is 1. The molecule has 0 radical (unpaired) electrons. The Kier molecular flexibility index (Phi) is 11.5. The van der Waals surface area contributed by atoms with Crippen molar-refractivity contribution in [2.45, 2.75) is 76.9 Å². The van der Waals surface area contributed by atoms with Crippen molar-refractivity contribution >= 4 is 40.3 Å². The zero-order valence-corrected chi connectivity index (χ0v) is 22.2. The summed E-state index contributed by atoms with van der Waals surface area (Å²) in [6.45, 7) is 6.71. The number of ether oxygens (including phenoxy) is 1. The number of nitrogens with two attached hydrogens (primary N) is 1. The average molecular weight is 557 g/mol. The molecule has 4 rings (SSSR count). The Morgan fingerprint density at radius 1 is 1.21 bits per heavy atom. The van der Waals surface area contributed by atoms with Gasteiger partial charge in [0.15, 0.2) is 11.4 Å². The molecule has 0 saturated carbocycles. The van der Waals surface area contributed by atoms with Crippen LogP contribution in [0.4, 0.5) is 19.1 Å². The van der Waals surface area contributed by atoms with Gasteiger partial charge >= 0.3 is 11.9 Å². The maximum absolute atomic E-state index is 15.0. The number of anilines is 1. The number of carboxylic acid groups (broad SMARTS) is 1. The molecule has 1 unspecified atom stereocenters. The van der Waals surface area contributed by atoms with Gasteiger partial charge in [0, 0.05) is 31.3 Å². The van der Waals surface area contributed by atoms with E-state index < -0.39 is 30.2 Å². The lowest BCUT2D eigenvalue weighted by Gasteiger charge is -2.20. The fourth-order valence-electron chi connectivity index (χ4n) is 3.94. The number of β-amino-alcohol motifs (C(OH)–C–C–N with tert-alkyl or cyclic N) is 1. The van der Waals surface area contributed by atoms with Crippen LogP contribution in [0.5, 0.6) is 0 Å². The van der Waals surface area contributed by atoms with Crippen molar-refractivity contribution in [2.75, 3.05) is 18.0 Å². The van der Waals surface area contributed by atoms with Crippen LogP contribution in [0.2, 0.25) is 0 Å². The first-order valence-corrected chi connectivity index (χ1v) is 12.5. The van der Waals surface area contributed by atoms with Crippen LogP contribution in [0.25, 0.3) is 22.1 Å². The molecular weight excluding hydrogens is 521 g/mol. The summed E-state index contributed by atoms with van der Waals surface area (Å²) in [4.78, 5) is 30.3. The van der Waals surface area contributed by atoms with Gasteiger partial charge in [-0.25, -0.2) is 9.97 Å². The highest BCUT2D eigenvalue weighted by molar-refractivity contribution is 6.05. The van der Waals surface area contributed by atoms with Gasteiger partial charge in [0.2, 0.25) is 5.82 Å². The predicted molar refractivity (Wildman–Crippen MR) is 139 cm³/mol. The molecule has 1 fully saturated rings. The summed E-state index contributed by atoms with van der Waals surface area (Å²) >= 11 is 0. The standard InChI is InChI=1S/C21H23F2N3O4.C5H10O2.FH2N/c22-21(23,10-5-1-2-8-16(28)29)20-24-17-14-6-3-4-7-15(14)30-18(17)19(25-20)26-11-9-13(27)12-26;1-5(2,3)7-4-6;1-2/h3-4,6-7,13,27H,1-2,5,8-12H2,(H,28,29);4H,1-3H3;2H2. The number of unbranched alkanes of at least 4 members (excludes halogenated alkanes) is 2. The zero-order valence-electron chi connectivity index (χ0n) is 22.2. The van der Waals surface area contributed by atoms with Gasteiger partial charge in [-0.3, -0.25) is 9.59 Å². The number of para-hydroxylation sites is 1. The third-order valence-corrected chi connectivity index (χ3v) is 5.77. The average Bonchev–Trinajstić information content (AvgIpc) is 3.47. The van der Waals surface area contributed by atoms with Crippen LogP contribution >= 0.6 is 0 Å². The van der Waals surface area contributed by atoms with E-state index in [2.05, 4.69) is 20.7 Å². The number of aliphatic carboxylic acids is 1. The molecule has 1 atom stereocenters. The Morgan fingerprint density at radius 3 is 2.46 bits per heavy atom. The van der Waals surface area contributed by atoms with Crippen LogP contribution in [0.15, 0.2) is 28.7 Å². The monoisotopic (exact) mass is 556 g/mol. The van der Waals surface area contributed by atoms with Crippen molar-refractivity contribution in [1.82, 2.24) is 9.97 Å². The molecule has 39 heavy (non-hydrogen) atoms. The highest BCUT2D eigenvalue weighted by Crippen LogP contribution is 2.38. The molecule has 0 aliphatic carbocycles. The third kappa shape index (κ3) is 9.06. The lowest BCUT2D eigenvalue weighted by molar-refractivity contribution is -0.139. The van der Waals surface area contributed by atoms with E-state index in [-0.39, 0.29) is 24.3 Å². The molecule has 3 aromatic rings. The number of aromatic nitrogens is 2. The first kappa shape index (κ1) is 31.8. The van der Waals surface area contributed by atoms with E-state index in [1.165, 1.54) is 0 Å². The molecule has 1 aliphatic heterocycles. The van der Waals surface area contributed by atoms with Crippen LogP contribution in [0, 0.1) is 0 Å².